The summed E-state index contributed by atoms with van der Waals surface area (Å²) in [6.07, 6.45) is -2.05. The van der Waals surface area contributed by atoms with Crippen molar-refractivity contribution in [1.82, 2.24) is 10.1 Å². The second kappa shape index (κ2) is 10.7. The van der Waals surface area contributed by atoms with E-state index in [0.717, 1.165) is 47.8 Å². The number of piperidine rings is 1. The normalized spacial score (nSPS) is 21.1. The average molecular weight is 612 g/mol. The number of alkyl halides is 3. The summed E-state index contributed by atoms with van der Waals surface area (Å²) in [6, 6.07) is 11.8. The number of carbonyl (C=O) groups is 1. The molecule has 43 heavy (non-hydrogen) atoms. The van der Waals surface area contributed by atoms with Crippen molar-refractivity contribution in [2.45, 2.75) is 57.2 Å². The first-order valence-electron chi connectivity index (χ1n) is 14.1. The fraction of sp³-hybridized carbons (Fsp3) is 0.387. The quantitative estimate of drug-likeness (QED) is 0.185. The Kier molecular flexibility index (Phi) is 6.93. The molecule has 224 valence electrons. The lowest BCUT2D eigenvalue weighted by Crippen LogP contribution is -2.69. The molecule has 3 aliphatic rings. The monoisotopic (exact) mass is 611 g/mol. The number of aromatic nitrogens is 2. The molecule has 1 aliphatic heterocycles. The van der Waals surface area contributed by atoms with Gasteiger partial charge in [-0.15, -0.1) is 24.5 Å². The van der Waals surface area contributed by atoms with E-state index >= 15 is 0 Å². The van der Waals surface area contributed by atoms with Gasteiger partial charge in [0.2, 0.25) is 0 Å². The van der Waals surface area contributed by atoms with Crippen LogP contribution >= 0.6 is 11.3 Å². The minimum absolute atomic E-state index is 0.0327. The predicted octanol–water partition coefficient (Wildman–Crippen LogP) is 7.13. The maximum absolute atomic E-state index is 13.1. The van der Waals surface area contributed by atoms with E-state index < -0.39 is 6.36 Å². The molecule has 3 atom stereocenters. The molecule has 3 fully saturated rings. The zero-order chi connectivity index (χ0) is 29.9. The molecule has 3 heterocycles. The Morgan fingerprint density at radius 1 is 1.16 bits per heavy atom. The van der Waals surface area contributed by atoms with Gasteiger partial charge in [0.05, 0.1) is 31.1 Å². The van der Waals surface area contributed by atoms with Crippen LogP contribution < -0.4 is 9.64 Å². The van der Waals surface area contributed by atoms with Crippen LogP contribution in [0.5, 0.6) is 5.75 Å². The topological polar surface area (TPSA) is 86.9 Å². The van der Waals surface area contributed by atoms with E-state index in [4.69, 9.17) is 19.0 Å². The number of fused-ring (bicyclic) bond motifs is 1. The van der Waals surface area contributed by atoms with Crippen molar-refractivity contribution in [1.29, 1.82) is 0 Å². The van der Waals surface area contributed by atoms with E-state index in [9.17, 15) is 18.0 Å². The fourth-order valence-electron chi connectivity index (χ4n) is 5.99. The number of esters is 1. The zero-order valence-electron chi connectivity index (χ0n) is 23.4. The Labute approximate surface area is 249 Å². The molecule has 8 nitrogen and oxygen atoms in total. The number of nitrogens with zero attached hydrogens (tertiary/aromatic N) is 3. The summed E-state index contributed by atoms with van der Waals surface area (Å²) in [5, 5.41) is 7.15. The lowest BCUT2D eigenvalue weighted by atomic mass is 9.69. The molecule has 1 unspecified atom stereocenters. The van der Waals surface area contributed by atoms with Gasteiger partial charge in [0.1, 0.15) is 17.2 Å². The highest BCUT2D eigenvalue weighted by molar-refractivity contribution is 7.14. The number of para-hydroxylation sites is 1. The molecule has 1 saturated heterocycles. The number of halogens is 3. The van der Waals surface area contributed by atoms with Crippen molar-refractivity contribution < 1.29 is 36.7 Å². The maximum atomic E-state index is 13.1. The molecule has 7 rings (SSSR count). The first-order valence-corrected chi connectivity index (χ1v) is 14.9. The van der Waals surface area contributed by atoms with Crippen LogP contribution in [0, 0.1) is 12.8 Å². The SMILES string of the molecule is COC(=O)c1ccc(-c2csc(N3CC4[C@@H](OCc5c(-c6ccccc6OC(F)(F)F)noc5C5CC5)C[C@@H]43)n2)c(C)c1. The Hall–Kier alpha value is -3.90. The van der Waals surface area contributed by atoms with Gasteiger partial charge in [0, 0.05) is 46.5 Å². The summed E-state index contributed by atoms with van der Waals surface area (Å²) in [7, 11) is 1.36. The van der Waals surface area contributed by atoms with Gasteiger partial charge in [0.25, 0.3) is 0 Å². The maximum Gasteiger partial charge on any atom is 0.573 e. The number of anilines is 1. The van der Waals surface area contributed by atoms with Gasteiger partial charge in [-0.05, 0) is 56.0 Å². The molecule has 2 aliphatic carbocycles. The smallest absolute Gasteiger partial charge is 0.465 e. The van der Waals surface area contributed by atoms with Crippen molar-refractivity contribution in [3.63, 3.8) is 0 Å². The number of carbonyl (C=O) groups excluding carboxylic acids is 1. The van der Waals surface area contributed by atoms with E-state index in [0.29, 0.717) is 34.5 Å². The van der Waals surface area contributed by atoms with Gasteiger partial charge in [-0.2, -0.15) is 0 Å². The third-order valence-corrected chi connectivity index (χ3v) is 9.37. The minimum Gasteiger partial charge on any atom is -0.465 e. The largest absolute Gasteiger partial charge is 0.573 e. The van der Waals surface area contributed by atoms with Crippen LogP contribution in [0.4, 0.5) is 18.3 Å². The van der Waals surface area contributed by atoms with Crippen molar-refractivity contribution in [3.8, 4) is 28.3 Å². The molecule has 4 aromatic rings. The molecular formula is C31H28F3N3O5S. The predicted molar refractivity (Wildman–Crippen MR) is 152 cm³/mol. The Balaban J connectivity index is 1.02. The van der Waals surface area contributed by atoms with Gasteiger partial charge in [-0.3, -0.25) is 0 Å². The number of hydrogen-bond acceptors (Lipinski definition) is 9. The highest BCUT2D eigenvalue weighted by Crippen LogP contribution is 2.49. The van der Waals surface area contributed by atoms with Crippen LogP contribution in [-0.4, -0.2) is 48.3 Å². The van der Waals surface area contributed by atoms with Crippen LogP contribution in [0.15, 0.2) is 52.4 Å². The van der Waals surface area contributed by atoms with Crippen molar-refractivity contribution in [3.05, 3.63) is 70.3 Å². The van der Waals surface area contributed by atoms with Crippen molar-refractivity contribution >= 4 is 22.4 Å². The molecule has 0 spiro atoms. The Morgan fingerprint density at radius 2 is 1.98 bits per heavy atom. The average Bonchev–Trinajstić information content (AvgIpc) is 3.55. The van der Waals surface area contributed by atoms with E-state index in [-0.39, 0.29) is 35.9 Å². The number of ether oxygens (including phenoxy) is 3. The molecule has 2 saturated carbocycles. The van der Waals surface area contributed by atoms with Gasteiger partial charge in [-0.1, -0.05) is 23.4 Å². The summed E-state index contributed by atoms with van der Waals surface area (Å²) in [5.74, 6) is 0.562. The van der Waals surface area contributed by atoms with E-state index in [1.165, 1.54) is 19.2 Å². The van der Waals surface area contributed by atoms with Crippen molar-refractivity contribution in [2.24, 2.45) is 5.92 Å². The molecule has 2 aromatic carbocycles. The van der Waals surface area contributed by atoms with Crippen LogP contribution in [0.3, 0.4) is 0 Å². The first-order chi connectivity index (χ1) is 20.7. The van der Waals surface area contributed by atoms with Crippen LogP contribution in [-0.2, 0) is 16.1 Å². The van der Waals surface area contributed by atoms with E-state index in [1.54, 1.807) is 29.5 Å². The van der Waals surface area contributed by atoms with Crippen LogP contribution in [0.25, 0.3) is 22.5 Å². The summed E-state index contributed by atoms with van der Waals surface area (Å²) < 4.78 is 60.3. The number of benzene rings is 2. The number of hydrogen-bond donors (Lipinski definition) is 0. The third kappa shape index (κ3) is 5.27. The van der Waals surface area contributed by atoms with Crippen LogP contribution in [0.1, 0.15) is 52.4 Å². The second-order valence-corrected chi connectivity index (χ2v) is 12.0. The van der Waals surface area contributed by atoms with Gasteiger partial charge in [-0.25, -0.2) is 9.78 Å². The molecular weight excluding hydrogens is 583 g/mol. The lowest BCUT2D eigenvalue weighted by Gasteiger charge is -2.59. The standard InChI is InChI=1S/C31H28F3N3O5S/c1-16-11-18(29(38)39-2)9-10-19(16)23-15-43-30(35-23)37-13-21-24(37)12-26(21)40-14-22-27(36-42-28(22)17-7-8-17)20-5-3-4-6-25(20)41-31(32,33)34/h3-6,9-11,15,17,21,24,26H,7-8,12-14H2,1-2H3/t21?,24-,26-/m0/s1. The molecule has 0 bridgehead atoms. The van der Waals surface area contributed by atoms with Crippen LogP contribution in [0.2, 0.25) is 0 Å². The second-order valence-electron chi connectivity index (χ2n) is 11.2. The van der Waals surface area contributed by atoms with Gasteiger partial charge >= 0.3 is 12.3 Å². The fourth-order valence-corrected chi connectivity index (χ4v) is 6.89. The first kappa shape index (κ1) is 27.9. The van der Waals surface area contributed by atoms with E-state index in [2.05, 4.69) is 14.8 Å². The highest BCUT2D eigenvalue weighted by atomic mass is 32.1. The Bertz CT molecular complexity index is 1680. The Morgan fingerprint density at radius 3 is 2.67 bits per heavy atom. The van der Waals surface area contributed by atoms with Crippen molar-refractivity contribution in [2.75, 3.05) is 18.6 Å². The molecule has 0 N–H and O–H groups in total. The van der Waals surface area contributed by atoms with Gasteiger partial charge in [0.15, 0.2) is 5.13 Å². The summed E-state index contributed by atoms with van der Waals surface area (Å²) in [5.41, 5.74) is 4.55. The summed E-state index contributed by atoms with van der Waals surface area (Å²) >= 11 is 1.59. The zero-order valence-corrected chi connectivity index (χ0v) is 24.2. The highest BCUT2D eigenvalue weighted by Gasteiger charge is 2.54. The summed E-state index contributed by atoms with van der Waals surface area (Å²) in [4.78, 5) is 19.0. The molecule has 0 amide bonds. The number of rotatable bonds is 9. The number of thiazole rings is 1. The van der Waals surface area contributed by atoms with Gasteiger partial charge < -0.3 is 23.6 Å². The lowest BCUT2D eigenvalue weighted by molar-refractivity contribution is -0.274. The minimum atomic E-state index is -4.82. The van der Waals surface area contributed by atoms with E-state index in [1.807, 2.05) is 24.4 Å². The number of aryl methyl sites for hydroxylation is 1. The summed E-state index contributed by atoms with van der Waals surface area (Å²) in [6.45, 7) is 2.98. The molecule has 2 aromatic heterocycles. The molecule has 0 radical (unpaired) electrons. The third-order valence-electron chi connectivity index (χ3n) is 8.49. The molecule has 12 heteroatoms. The number of methoxy groups -OCH3 is 1.